The van der Waals surface area contributed by atoms with Gasteiger partial charge in [-0.15, -0.1) is 0 Å². The molecule has 0 unspecified atom stereocenters. The third-order valence-corrected chi connectivity index (χ3v) is 6.68. The van der Waals surface area contributed by atoms with Crippen molar-refractivity contribution in [1.82, 2.24) is 15.5 Å². The van der Waals surface area contributed by atoms with Crippen LogP contribution >= 0.6 is 10.6 Å². The molecule has 134 valence electrons. The molecule has 23 heavy (non-hydrogen) atoms. The summed E-state index contributed by atoms with van der Waals surface area (Å²) in [6, 6.07) is 0. The molecule has 0 aromatic carbocycles. The molecule has 2 heterocycles. The summed E-state index contributed by atoms with van der Waals surface area (Å²) in [5.41, 5.74) is -1.81. The zero-order chi connectivity index (χ0) is 16.9. The van der Waals surface area contributed by atoms with Gasteiger partial charge in [0.1, 0.15) is 0 Å². The summed E-state index contributed by atoms with van der Waals surface area (Å²) in [5.74, 6) is -0.612. The fraction of sp³-hybridized carbons (Fsp3) is 0.800. The quantitative estimate of drug-likeness (QED) is 0.605. The number of nitrogens with one attached hydrogen (secondary N) is 2. The van der Waals surface area contributed by atoms with Crippen LogP contribution in [-0.4, -0.2) is 70.6 Å². The number of piperidine rings is 2. The second-order valence-corrected chi connectivity index (χ2v) is 8.66. The monoisotopic (exact) mass is 349 g/mol. The van der Waals surface area contributed by atoms with Gasteiger partial charge in [0, 0.05) is 24.8 Å². The maximum Gasteiger partial charge on any atom is 0.258 e. The third-order valence-electron chi connectivity index (χ3n) is 4.64. The molecular formula is C15H28FN3O3S. The number of likely N-dealkylation sites (tertiary alicyclic amines) is 1. The molecule has 0 aromatic heterocycles. The van der Waals surface area contributed by atoms with E-state index in [2.05, 4.69) is 15.5 Å². The molecule has 2 fully saturated rings. The van der Waals surface area contributed by atoms with Gasteiger partial charge in [-0.1, -0.05) is 0 Å². The first-order valence-corrected chi connectivity index (χ1v) is 9.81. The molecule has 0 atom stereocenters. The minimum atomic E-state index is -2.81. The lowest BCUT2D eigenvalue weighted by atomic mass is 9.93. The highest BCUT2D eigenvalue weighted by atomic mass is 32.3. The molecule has 4 N–H and O–H groups in total. The van der Waals surface area contributed by atoms with E-state index >= 15 is 0 Å². The summed E-state index contributed by atoms with van der Waals surface area (Å²) in [7, 11) is -0.792. The molecule has 2 saturated heterocycles. The minimum Gasteiger partial charge on any atom is -0.350 e. The lowest BCUT2D eigenvalue weighted by molar-refractivity contribution is -0.134. The van der Waals surface area contributed by atoms with E-state index in [0.29, 0.717) is 13.1 Å². The molecule has 0 spiro atoms. The Morgan fingerprint density at radius 2 is 2.00 bits per heavy atom. The smallest absolute Gasteiger partial charge is 0.258 e. The number of rotatable bonds is 5. The SMILES string of the molecule is CN1CCC(S(O)(O)/C=C/CNC(=O)C2(F)CCNCC2)CC1. The largest absolute Gasteiger partial charge is 0.350 e. The van der Waals surface area contributed by atoms with Gasteiger partial charge >= 0.3 is 0 Å². The van der Waals surface area contributed by atoms with Gasteiger partial charge in [0.15, 0.2) is 5.67 Å². The van der Waals surface area contributed by atoms with Crippen molar-refractivity contribution in [1.29, 1.82) is 0 Å². The number of halogens is 1. The topological polar surface area (TPSA) is 84.8 Å². The molecule has 6 nitrogen and oxygen atoms in total. The van der Waals surface area contributed by atoms with E-state index in [0.717, 1.165) is 25.9 Å². The molecule has 0 radical (unpaired) electrons. The minimum absolute atomic E-state index is 0.112. The standard InChI is InChI=1S/C15H28FN3O3S/c1-19-10-3-13(4-11-19)23(21,22)12-2-7-18-14(20)15(16)5-8-17-9-6-15/h2,12-13,17,21-22H,3-11H2,1H3,(H,18,20)/b12-2+. The molecule has 2 aliphatic heterocycles. The zero-order valence-electron chi connectivity index (χ0n) is 13.6. The molecule has 1 amide bonds. The summed E-state index contributed by atoms with van der Waals surface area (Å²) < 4.78 is 34.8. The fourth-order valence-corrected chi connectivity index (χ4v) is 4.50. The van der Waals surface area contributed by atoms with Crippen LogP contribution in [0, 0.1) is 0 Å². The molecule has 2 aliphatic rings. The normalized spacial score (nSPS) is 24.7. The van der Waals surface area contributed by atoms with Crippen LogP contribution in [0.4, 0.5) is 4.39 Å². The lowest BCUT2D eigenvalue weighted by Crippen LogP contribution is -2.49. The second-order valence-electron chi connectivity index (χ2n) is 6.44. The Labute approximate surface area is 138 Å². The van der Waals surface area contributed by atoms with Crippen LogP contribution in [0.3, 0.4) is 0 Å². The lowest BCUT2D eigenvalue weighted by Gasteiger charge is -2.41. The summed E-state index contributed by atoms with van der Waals surface area (Å²) >= 11 is 0. The average Bonchev–Trinajstić information content (AvgIpc) is 2.52. The average molecular weight is 349 g/mol. The van der Waals surface area contributed by atoms with E-state index in [1.807, 2.05) is 7.05 Å². The van der Waals surface area contributed by atoms with Gasteiger partial charge in [-0.05, 0) is 52.1 Å². The summed E-state index contributed by atoms with van der Waals surface area (Å²) in [6.07, 6.45) is 3.36. The van der Waals surface area contributed by atoms with Gasteiger partial charge in [-0.25, -0.2) is 4.39 Å². The second kappa shape index (κ2) is 7.94. The van der Waals surface area contributed by atoms with Gasteiger partial charge in [-0.3, -0.25) is 13.9 Å². The first-order chi connectivity index (χ1) is 10.8. The van der Waals surface area contributed by atoms with Crippen LogP contribution in [0.5, 0.6) is 0 Å². The Balaban J connectivity index is 1.78. The van der Waals surface area contributed by atoms with Gasteiger partial charge in [0.05, 0.1) is 5.25 Å². The van der Waals surface area contributed by atoms with Crippen LogP contribution in [0.15, 0.2) is 11.5 Å². The zero-order valence-corrected chi connectivity index (χ0v) is 14.4. The van der Waals surface area contributed by atoms with Crippen molar-refractivity contribution < 1.29 is 18.3 Å². The Kier molecular flexibility index (Phi) is 6.44. The van der Waals surface area contributed by atoms with Crippen molar-refractivity contribution in [3.63, 3.8) is 0 Å². The van der Waals surface area contributed by atoms with Gasteiger partial charge in [-0.2, -0.15) is 10.6 Å². The summed E-state index contributed by atoms with van der Waals surface area (Å²) in [5, 5.41) is 6.80. The van der Waals surface area contributed by atoms with Crippen LogP contribution in [0.2, 0.25) is 0 Å². The number of nitrogens with zero attached hydrogens (tertiary/aromatic N) is 1. The van der Waals surface area contributed by atoms with E-state index in [1.165, 1.54) is 11.5 Å². The Hall–Kier alpha value is -0.670. The van der Waals surface area contributed by atoms with Crippen molar-refractivity contribution in [3.05, 3.63) is 11.5 Å². The van der Waals surface area contributed by atoms with E-state index in [-0.39, 0.29) is 24.6 Å². The molecular weight excluding hydrogens is 321 g/mol. The summed E-state index contributed by atoms with van der Waals surface area (Å²) in [6.45, 7) is 2.81. The number of hydrogen-bond acceptors (Lipinski definition) is 5. The molecule has 8 heteroatoms. The van der Waals surface area contributed by atoms with Crippen molar-refractivity contribution >= 4 is 16.5 Å². The highest BCUT2D eigenvalue weighted by Crippen LogP contribution is 2.49. The maximum absolute atomic E-state index is 14.4. The van der Waals surface area contributed by atoms with Crippen LogP contribution < -0.4 is 10.6 Å². The Morgan fingerprint density at radius 1 is 1.39 bits per heavy atom. The van der Waals surface area contributed by atoms with E-state index in [1.54, 1.807) is 0 Å². The molecule has 2 rings (SSSR count). The predicted octanol–water partition coefficient (Wildman–Crippen LogP) is 1.55. The highest BCUT2D eigenvalue weighted by Gasteiger charge is 2.39. The van der Waals surface area contributed by atoms with Crippen molar-refractivity contribution in [2.45, 2.75) is 36.6 Å². The number of amides is 1. The first-order valence-electron chi connectivity index (χ1n) is 8.14. The van der Waals surface area contributed by atoms with Crippen LogP contribution in [-0.2, 0) is 4.79 Å². The number of hydrogen-bond donors (Lipinski definition) is 4. The van der Waals surface area contributed by atoms with Gasteiger partial charge in [0.2, 0.25) is 0 Å². The Morgan fingerprint density at radius 3 is 2.61 bits per heavy atom. The third kappa shape index (κ3) is 5.15. The highest BCUT2D eigenvalue weighted by molar-refractivity contribution is 8.27. The number of alkyl halides is 1. The first kappa shape index (κ1) is 18.7. The molecule has 0 aromatic rings. The molecule has 0 saturated carbocycles. The van der Waals surface area contributed by atoms with E-state index in [9.17, 15) is 18.3 Å². The predicted molar refractivity (Wildman–Crippen MR) is 91.5 cm³/mol. The van der Waals surface area contributed by atoms with Crippen molar-refractivity contribution in [2.75, 3.05) is 39.8 Å². The van der Waals surface area contributed by atoms with Crippen molar-refractivity contribution in [2.24, 2.45) is 0 Å². The van der Waals surface area contributed by atoms with Crippen LogP contribution in [0.1, 0.15) is 25.7 Å². The van der Waals surface area contributed by atoms with Crippen molar-refractivity contribution in [3.8, 4) is 0 Å². The number of carbonyl (C=O) groups is 1. The number of carbonyl (C=O) groups excluding carboxylic acids is 1. The Bertz CT molecular complexity index is 434. The van der Waals surface area contributed by atoms with Crippen LogP contribution in [0.25, 0.3) is 0 Å². The fourth-order valence-electron chi connectivity index (χ4n) is 2.99. The molecule has 0 aliphatic carbocycles. The van der Waals surface area contributed by atoms with E-state index < -0.39 is 22.2 Å². The van der Waals surface area contributed by atoms with E-state index in [4.69, 9.17) is 0 Å². The maximum atomic E-state index is 14.4. The molecule has 0 bridgehead atoms. The summed E-state index contributed by atoms with van der Waals surface area (Å²) in [4.78, 5) is 14.1. The van der Waals surface area contributed by atoms with Gasteiger partial charge < -0.3 is 15.5 Å². The van der Waals surface area contributed by atoms with Gasteiger partial charge in [0.25, 0.3) is 5.91 Å².